The highest BCUT2D eigenvalue weighted by atomic mass is 79.9. The second-order valence-electron chi connectivity index (χ2n) is 2.56. The third kappa shape index (κ3) is 1.76. The van der Waals surface area contributed by atoms with Gasteiger partial charge in [0.25, 0.3) is 0 Å². The van der Waals surface area contributed by atoms with Crippen LogP contribution in [0.3, 0.4) is 0 Å². The quantitative estimate of drug-likeness (QED) is 0.766. The van der Waals surface area contributed by atoms with E-state index in [1.165, 1.54) is 0 Å². The van der Waals surface area contributed by atoms with E-state index in [9.17, 15) is 0 Å². The van der Waals surface area contributed by atoms with Crippen LogP contribution in [0.15, 0.2) is 41.4 Å². The van der Waals surface area contributed by atoms with E-state index < -0.39 is 0 Å². The second kappa shape index (κ2) is 3.52. The molecule has 2 heterocycles. The average molecular weight is 258 g/mol. The molecule has 0 saturated carbocycles. The molecule has 0 fully saturated rings. The Balaban J connectivity index is 2.52. The van der Waals surface area contributed by atoms with Crippen molar-refractivity contribution in [3.63, 3.8) is 0 Å². The summed E-state index contributed by atoms with van der Waals surface area (Å²) in [4.78, 5) is 3.92. The van der Waals surface area contributed by atoms with Crippen molar-refractivity contribution < 1.29 is 0 Å². The zero-order valence-corrected chi connectivity index (χ0v) is 8.96. The number of nitrogens with zero attached hydrogens (tertiary/aromatic N) is 2. The zero-order valence-electron chi connectivity index (χ0n) is 6.61. The normalized spacial score (nSPS) is 10.3. The van der Waals surface area contributed by atoms with Gasteiger partial charge in [-0.3, -0.25) is 4.98 Å². The van der Waals surface area contributed by atoms with Crippen LogP contribution >= 0.6 is 27.5 Å². The molecule has 0 aliphatic carbocycles. The highest BCUT2D eigenvalue weighted by molar-refractivity contribution is 9.10. The molecule has 0 saturated heterocycles. The molecular weight excluding hydrogens is 251 g/mol. The molecule has 0 unspecified atom stereocenters. The van der Waals surface area contributed by atoms with E-state index in [4.69, 9.17) is 11.6 Å². The van der Waals surface area contributed by atoms with E-state index in [0.29, 0.717) is 5.02 Å². The maximum atomic E-state index is 5.97. The van der Waals surface area contributed by atoms with Gasteiger partial charge in [-0.1, -0.05) is 11.6 Å². The Morgan fingerprint density at radius 1 is 1.38 bits per heavy atom. The molecule has 0 amide bonds. The molecule has 13 heavy (non-hydrogen) atoms. The van der Waals surface area contributed by atoms with Crippen molar-refractivity contribution in [3.05, 3.63) is 46.4 Å². The van der Waals surface area contributed by atoms with Gasteiger partial charge in [0.15, 0.2) is 0 Å². The van der Waals surface area contributed by atoms with Crippen molar-refractivity contribution in [2.75, 3.05) is 0 Å². The highest BCUT2D eigenvalue weighted by Gasteiger charge is 2.01. The molecule has 0 bridgehead atoms. The summed E-state index contributed by atoms with van der Waals surface area (Å²) >= 11 is 9.34. The summed E-state index contributed by atoms with van der Waals surface area (Å²) in [5, 5.41) is 0.644. The lowest BCUT2D eigenvalue weighted by Gasteiger charge is -2.03. The fraction of sp³-hybridized carbons (Fsp3) is 0. The maximum Gasteiger partial charge on any atom is 0.0829 e. The Labute approximate surface area is 89.3 Å². The number of aromatic nitrogens is 2. The van der Waals surface area contributed by atoms with Gasteiger partial charge in [-0.15, -0.1) is 0 Å². The van der Waals surface area contributed by atoms with Gasteiger partial charge in [-0.25, -0.2) is 0 Å². The Bertz CT molecular complexity index is 425. The molecule has 4 heteroatoms. The van der Waals surface area contributed by atoms with E-state index in [2.05, 4.69) is 20.9 Å². The summed E-state index contributed by atoms with van der Waals surface area (Å²) in [6, 6.07) is 3.82. The van der Waals surface area contributed by atoms with Gasteiger partial charge in [0.05, 0.1) is 10.7 Å². The van der Waals surface area contributed by atoms with E-state index in [0.717, 1.165) is 10.2 Å². The van der Waals surface area contributed by atoms with E-state index in [1.807, 2.05) is 29.1 Å². The Hall–Kier alpha value is -0.800. The Morgan fingerprint density at radius 3 is 2.85 bits per heavy atom. The smallest absolute Gasteiger partial charge is 0.0829 e. The van der Waals surface area contributed by atoms with E-state index >= 15 is 0 Å². The van der Waals surface area contributed by atoms with Crippen LogP contribution in [0.1, 0.15) is 0 Å². The number of halogens is 2. The second-order valence-corrected chi connectivity index (χ2v) is 3.89. The van der Waals surface area contributed by atoms with Crippen LogP contribution in [0, 0.1) is 0 Å². The molecule has 0 spiro atoms. The maximum absolute atomic E-state index is 5.97. The molecule has 66 valence electrons. The summed E-state index contributed by atoms with van der Waals surface area (Å²) in [6.45, 7) is 0. The number of hydrogen-bond donors (Lipinski definition) is 0. The SMILES string of the molecule is Clc1cnccc1-n1ccc(Br)c1. The van der Waals surface area contributed by atoms with Crippen molar-refractivity contribution in [1.29, 1.82) is 0 Å². The van der Waals surface area contributed by atoms with Gasteiger partial charge >= 0.3 is 0 Å². The number of hydrogen-bond acceptors (Lipinski definition) is 1. The van der Waals surface area contributed by atoms with Crippen molar-refractivity contribution in [1.82, 2.24) is 9.55 Å². The van der Waals surface area contributed by atoms with E-state index in [-0.39, 0.29) is 0 Å². The molecular formula is C9H6BrClN2. The molecule has 2 rings (SSSR count). The van der Waals surface area contributed by atoms with Crippen molar-refractivity contribution >= 4 is 27.5 Å². The van der Waals surface area contributed by atoms with Gasteiger partial charge in [-0.05, 0) is 28.1 Å². The summed E-state index contributed by atoms with van der Waals surface area (Å²) in [5.74, 6) is 0. The fourth-order valence-corrected chi connectivity index (χ4v) is 1.65. The predicted molar refractivity (Wildman–Crippen MR) is 56.3 cm³/mol. The van der Waals surface area contributed by atoms with Crippen molar-refractivity contribution in [3.8, 4) is 5.69 Å². The number of rotatable bonds is 1. The summed E-state index contributed by atoms with van der Waals surface area (Å²) in [5.41, 5.74) is 0.933. The Kier molecular flexibility index (Phi) is 2.38. The lowest BCUT2D eigenvalue weighted by Crippen LogP contribution is -1.90. The molecule has 0 N–H and O–H groups in total. The first-order chi connectivity index (χ1) is 6.27. The molecule has 0 aliphatic rings. The van der Waals surface area contributed by atoms with Crippen molar-refractivity contribution in [2.45, 2.75) is 0 Å². The zero-order chi connectivity index (χ0) is 9.26. The van der Waals surface area contributed by atoms with Gasteiger partial charge in [0, 0.05) is 29.3 Å². The predicted octanol–water partition coefficient (Wildman–Crippen LogP) is 3.29. The molecule has 0 atom stereocenters. The van der Waals surface area contributed by atoms with Crippen molar-refractivity contribution in [2.24, 2.45) is 0 Å². The van der Waals surface area contributed by atoms with Crippen LogP contribution in [0.2, 0.25) is 5.02 Å². The molecule has 0 aromatic carbocycles. The lowest BCUT2D eigenvalue weighted by atomic mass is 10.4. The van der Waals surface area contributed by atoms with E-state index in [1.54, 1.807) is 12.4 Å². The van der Waals surface area contributed by atoms with Gasteiger partial charge in [0.2, 0.25) is 0 Å². The summed E-state index contributed by atoms with van der Waals surface area (Å²) in [6.07, 6.45) is 7.23. The lowest BCUT2D eigenvalue weighted by molar-refractivity contribution is 1.07. The van der Waals surface area contributed by atoms with Gasteiger partial charge < -0.3 is 4.57 Å². The minimum Gasteiger partial charge on any atom is -0.321 e. The highest BCUT2D eigenvalue weighted by Crippen LogP contribution is 2.20. The molecule has 2 aromatic rings. The molecule has 0 radical (unpaired) electrons. The fourth-order valence-electron chi connectivity index (χ4n) is 1.10. The van der Waals surface area contributed by atoms with Crippen LogP contribution < -0.4 is 0 Å². The molecule has 2 aromatic heterocycles. The van der Waals surface area contributed by atoms with Crippen LogP contribution in [0.25, 0.3) is 5.69 Å². The van der Waals surface area contributed by atoms with Crippen LogP contribution in [0.4, 0.5) is 0 Å². The largest absolute Gasteiger partial charge is 0.321 e. The average Bonchev–Trinajstić information content (AvgIpc) is 2.53. The van der Waals surface area contributed by atoms with Crippen LogP contribution in [-0.4, -0.2) is 9.55 Å². The first-order valence-electron chi connectivity index (χ1n) is 3.71. The number of pyridine rings is 1. The topological polar surface area (TPSA) is 17.8 Å². The summed E-state index contributed by atoms with van der Waals surface area (Å²) in [7, 11) is 0. The molecule has 2 nitrogen and oxygen atoms in total. The third-order valence-corrected chi connectivity index (χ3v) is 2.45. The summed E-state index contributed by atoms with van der Waals surface area (Å²) < 4.78 is 2.97. The minimum absolute atomic E-state index is 0.644. The standard InChI is InChI=1S/C9H6BrClN2/c10-7-2-4-13(6-7)9-1-3-12-5-8(9)11/h1-6H. The van der Waals surface area contributed by atoms with Gasteiger partial charge in [-0.2, -0.15) is 0 Å². The van der Waals surface area contributed by atoms with Crippen LogP contribution in [0.5, 0.6) is 0 Å². The van der Waals surface area contributed by atoms with Crippen LogP contribution in [-0.2, 0) is 0 Å². The minimum atomic E-state index is 0.644. The molecule has 0 aliphatic heterocycles. The first-order valence-corrected chi connectivity index (χ1v) is 4.88. The Morgan fingerprint density at radius 2 is 2.23 bits per heavy atom. The van der Waals surface area contributed by atoms with Gasteiger partial charge in [0.1, 0.15) is 0 Å². The monoisotopic (exact) mass is 256 g/mol. The first kappa shape index (κ1) is 8.78. The third-order valence-electron chi connectivity index (χ3n) is 1.69.